The van der Waals surface area contributed by atoms with E-state index in [9.17, 15) is 0 Å². The summed E-state index contributed by atoms with van der Waals surface area (Å²) < 4.78 is 0. The maximum Gasteiger partial charge on any atom is 0.147 e. The van der Waals surface area contributed by atoms with Gasteiger partial charge in [-0.25, -0.2) is 4.98 Å². The monoisotopic (exact) mass is 153 g/mol. The van der Waals surface area contributed by atoms with E-state index < -0.39 is 0 Å². The summed E-state index contributed by atoms with van der Waals surface area (Å²) >= 11 is 5.55. The number of allylic oxidation sites excluding steroid dienone is 1. The molecule has 1 radical (unpaired) electrons. The highest BCUT2D eigenvalue weighted by atomic mass is 35.5. The minimum absolute atomic E-state index is 0.399. The molecule has 0 fully saturated rings. The zero-order valence-electron chi connectivity index (χ0n) is 5.29. The van der Waals surface area contributed by atoms with Gasteiger partial charge in [-0.1, -0.05) is 17.7 Å². The van der Waals surface area contributed by atoms with Crippen LogP contribution in [0.15, 0.2) is 25.0 Å². The Balaban J connectivity index is 2.84. The number of rotatable bonds is 2. The molecule has 1 rings (SSSR count). The third kappa shape index (κ3) is 1.81. The molecule has 0 aromatic carbocycles. The molecule has 1 aromatic rings. The van der Waals surface area contributed by atoms with Crippen molar-refractivity contribution in [2.24, 2.45) is 0 Å². The topological polar surface area (TPSA) is 25.8 Å². The Bertz CT molecular complexity index is 235. The molecule has 0 saturated carbocycles. The first-order valence-corrected chi connectivity index (χ1v) is 3.14. The Kier molecular flexibility index (Phi) is 2.40. The van der Waals surface area contributed by atoms with Gasteiger partial charge in [-0.2, -0.15) is 0 Å². The van der Waals surface area contributed by atoms with Crippen molar-refractivity contribution in [3.05, 3.63) is 42.3 Å². The lowest BCUT2D eigenvalue weighted by Crippen LogP contribution is -1.86. The highest BCUT2D eigenvalue weighted by Crippen LogP contribution is 2.03. The van der Waals surface area contributed by atoms with Gasteiger partial charge in [0.25, 0.3) is 0 Å². The molecule has 0 aliphatic rings. The van der Waals surface area contributed by atoms with Gasteiger partial charge in [-0.15, -0.1) is 6.58 Å². The van der Waals surface area contributed by atoms with Crippen LogP contribution < -0.4 is 0 Å². The normalized spacial score (nSPS) is 9.30. The van der Waals surface area contributed by atoms with Crippen molar-refractivity contribution in [3.63, 3.8) is 0 Å². The van der Waals surface area contributed by atoms with Crippen LogP contribution >= 0.6 is 11.6 Å². The molecule has 0 amide bonds. The summed E-state index contributed by atoms with van der Waals surface area (Å²) in [7, 11) is 0. The Morgan fingerprint density at radius 1 is 1.50 bits per heavy atom. The maximum atomic E-state index is 5.55. The largest absolute Gasteiger partial charge is 0.260 e. The Morgan fingerprint density at radius 3 is 2.90 bits per heavy atom. The number of nitrogens with zero attached hydrogens (tertiary/aromatic N) is 2. The smallest absolute Gasteiger partial charge is 0.147 e. The second kappa shape index (κ2) is 3.32. The third-order valence-electron chi connectivity index (χ3n) is 0.912. The van der Waals surface area contributed by atoms with E-state index in [4.69, 9.17) is 11.6 Å². The van der Waals surface area contributed by atoms with Crippen molar-refractivity contribution in [2.45, 2.75) is 0 Å². The highest BCUT2D eigenvalue weighted by Gasteiger charge is 1.92. The first kappa shape index (κ1) is 7.22. The van der Waals surface area contributed by atoms with Crippen molar-refractivity contribution in [3.8, 4) is 0 Å². The number of hydrogen-bond donors (Lipinski definition) is 0. The summed E-state index contributed by atoms with van der Waals surface area (Å²) in [5, 5.41) is 0.399. The van der Waals surface area contributed by atoms with Gasteiger partial charge in [0, 0.05) is 12.6 Å². The molecule has 0 N–H and O–H groups in total. The molecule has 10 heavy (non-hydrogen) atoms. The van der Waals surface area contributed by atoms with Crippen LogP contribution in [0.3, 0.4) is 0 Å². The fourth-order valence-electron chi connectivity index (χ4n) is 0.557. The average molecular weight is 154 g/mol. The second-order valence-corrected chi connectivity index (χ2v) is 2.06. The quantitative estimate of drug-likeness (QED) is 0.648. The van der Waals surface area contributed by atoms with Gasteiger partial charge in [0.2, 0.25) is 0 Å². The zero-order chi connectivity index (χ0) is 7.40. The summed E-state index contributed by atoms with van der Waals surface area (Å²) in [5.41, 5.74) is 0.725. The molecule has 2 nitrogen and oxygen atoms in total. The van der Waals surface area contributed by atoms with Crippen LogP contribution in [0, 0.1) is 6.42 Å². The molecule has 0 aliphatic carbocycles. The van der Waals surface area contributed by atoms with Gasteiger partial charge < -0.3 is 0 Å². The van der Waals surface area contributed by atoms with E-state index in [0.29, 0.717) is 5.15 Å². The van der Waals surface area contributed by atoms with Crippen LogP contribution in [0.4, 0.5) is 0 Å². The van der Waals surface area contributed by atoms with Crippen LogP contribution in [-0.4, -0.2) is 9.97 Å². The van der Waals surface area contributed by atoms with Crippen molar-refractivity contribution < 1.29 is 0 Å². The van der Waals surface area contributed by atoms with Gasteiger partial charge in [-0.05, 0) is 0 Å². The lowest BCUT2D eigenvalue weighted by molar-refractivity contribution is 1.14. The summed E-state index contributed by atoms with van der Waals surface area (Å²) in [6.45, 7) is 3.52. The molecule has 3 heteroatoms. The summed E-state index contributed by atoms with van der Waals surface area (Å²) in [5.74, 6) is 0. The molecule has 1 aromatic heterocycles. The molecular formula is C7H6ClN2. The van der Waals surface area contributed by atoms with E-state index in [1.165, 1.54) is 6.20 Å². The summed E-state index contributed by atoms with van der Waals surface area (Å²) in [4.78, 5) is 7.77. The van der Waals surface area contributed by atoms with Crippen LogP contribution in [0.1, 0.15) is 5.69 Å². The second-order valence-electron chi connectivity index (χ2n) is 1.67. The predicted molar refractivity (Wildman–Crippen MR) is 40.6 cm³/mol. The highest BCUT2D eigenvalue weighted by molar-refractivity contribution is 6.29. The van der Waals surface area contributed by atoms with E-state index in [-0.39, 0.29) is 0 Å². The molecule has 0 bridgehead atoms. The minimum atomic E-state index is 0.399. The number of halogens is 1. The summed E-state index contributed by atoms with van der Waals surface area (Å²) in [6, 6.07) is 0. The van der Waals surface area contributed by atoms with Crippen LogP contribution in [0.25, 0.3) is 0 Å². The molecule has 0 atom stereocenters. The maximum absolute atomic E-state index is 5.55. The molecule has 1 heterocycles. The zero-order valence-corrected chi connectivity index (χ0v) is 6.04. The van der Waals surface area contributed by atoms with Gasteiger partial charge in [0.1, 0.15) is 5.15 Å². The average Bonchev–Trinajstić information content (AvgIpc) is 1.88. The fraction of sp³-hybridized carbons (Fsp3) is 0. The van der Waals surface area contributed by atoms with Crippen LogP contribution in [0.2, 0.25) is 5.15 Å². The minimum Gasteiger partial charge on any atom is -0.260 e. The molecule has 0 spiro atoms. The standard InChI is InChI=1S/C7H6ClN2/c1-2-3-6-4-9-5-7(8)10-6/h2-5H,1H2. The van der Waals surface area contributed by atoms with Crippen molar-refractivity contribution in [1.82, 2.24) is 9.97 Å². The van der Waals surface area contributed by atoms with E-state index in [0.717, 1.165) is 5.69 Å². The summed E-state index contributed by atoms with van der Waals surface area (Å²) in [6.07, 6.45) is 6.48. The lowest BCUT2D eigenvalue weighted by Gasteiger charge is -1.92. The number of hydrogen-bond acceptors (Lipinski definition) is 2. The van der Waals surface area contributed by atoms with Crippen molar-refractivity contribution in [1.29, 1.82) is 0 Å². The fourth-order valence-corrected chi connectivity index (χ4v) is 0.711. The van der Waals surface area contributed by atoms with E-state index in [1.807, 2.05) is 0 Å². The van der Waals surface area contributed by atoms with E-state index >= 15 is 0 Å². The Labute approximate surface area is 64.6 Å². The predicted octanol–water partition coefficient (Wildman–Crippen LogP) is 1.87. The Hall–Kier alpha value is -0.890. The van der Waals surface area contributed by atoms with E-state index in [1.54, 1.807) is 18.7 Å². The Morgan fingerprint density at radius 2 is 2.30 bits per heavy atom. The van der Waals surface area contributed by atoms with E-state index in [2.05, 4.69) is 16.5 Å². The lowest BCUT2D eigenvalue weighted by atomic mass is 10.3. The molecule has 0 aliphatic heterocycles. The molecule has 0 unspecified atom stereocenters. The first-order chi connectivity index (χ1) is 4.83. The number of aromatic nitrogens is 2. The van der Waals surface area contributed by atoms with Gasteiger partial charge in [0.15, 0.2) is 0 Å². The molecule has 51 valence electrons. The van der Waals surface area contributed by atoms with Crippen molar-refractivity contribution in [2.75, 3.05) is 0 Å². The SMILES string of the molecule is C=C[CH]c1cncc(Cl)n1. The molecular weight excluding hydrogens is 148 g/mol. The van der Waals surface area contributed by atoms with Gasteiger partial charge in [0.05, 0.1) is 11.9 Å². The van der Waals surface area contributed by atoms with Gasteiger partial charge in [-0.3, -0.25) is 4.98 Å². The first-order valence-electron chi connectivity index (χ1n) is 2.76. The van der Waals surface area contributed by atoms with Crippen LogP contribution in [-0.2, 0) is 0 Å². The third-order valence-corrected chi connectivity index (χ3v) is 1.09. The van der Waals surface area contributed by atoms with Gasteiger partial charge >= 0.3 is 0 Å². The van der Waals surface area contributed by atoms with Crippen molar-refractivity contribution >= 4 is 11.6 Å². The molecule has 0 saturated heterocycles. The van der Waals surface area contributed by atoms with Crippen LogP contribution in [0.5, 0.6) is 0 Å².